The molecule has 1 atom stereocenters. The summed E-state index contributed by atoms with van der Waals surface area (Å²) in [6, 6.07) is 16.1. The molecule has 32 heavy (non-hydrogen) atoms. The molecule has 6 heteroatoms. The normalized spacial score (nSPS) is 15.2. The summed E-state index contributed by atoms with van der Waals surface area (Å²) in [5.74, 6) is 2.29. The first-order chi connectivity index (χ1) is 15.6. The summed E-state index contributed by atoms with van der Waals surface area (Å²) in [5, 5.41) is 12.5. The average molecular weight is 427 g/mol. The lowest BCUT2D eigenvalue weighted by molar-refractivity contribution is 0.311. The molecule has 0 radical (unpaired) electrons. The van der Waals surface area contributed by atoms with Crippen molar-refractivity contribution in [3.05, 3.63) is 84.0 Å². The van der Waals surface area contributed by atoms with Gasteiger partial charge in [0.15, 0.2) is 11.5 Å². The summed E-state index contributed by atoms with van der Waals surface area (Å²) in [4.78, 5) is 4.56. The second-order valence-electron chi connectivity index (χ2n) is 7.57. The van der Waals surface area contributed by atoms with Gasteiger partial charge in [-0.15, -0.1) is 0 Å². The number of fused-ring (bicyclic) bond motifs is 1. The van der Waals surface area contributed by atoms with Crippen LogP contribution < -0.4 is 14.8 Å². The van der Waals surface area contributed by atoms with Gasteiger partial charge in [-0.25, -0.2) is 4.98 Å². The van der Waals surface area contributed by atoms with Crippen LogP contribution in [0.5, 0.6) is 11.5 Å². The number of nitriles is 1. The van der Waals surface area contributed by atoms with Crippen molar-refractivity contribution in [3.8, 4) is 17.6 Å². The number of anilines is 1. The molecule has 0 bridgehead atoms. The molecule has 4 rings (SSSR count). The van der Waals surface area contributed by atoms with Crippen molar-refractivity contribution < 1.29 is 9.47 Å². The molecule has 0 saturated carbocycles. The first kappa shape index (κ1) is 21.3. The standard InChI is InChI=1S/C26H26N4O2/c1-4-32-23-10-7-20(16-24(23)31-3)21-15-18(2)26(30-14-13-28-25(30)17-21)29-22-8-5-19(6-9-22)11-12-27/h5-10,13-14,16-17,26,29H,2,4,11,15H2,1,3H3. The molecule has 2 heterocycles. The van der Waals surface area contributed by atoms with Gasteiger partial charge in [-0.05, 0) is 66.0 Å². The fourth-order valence-electron chi connectivity index (χ4n) is 3.87. The van der Waals surface area contributed by atoms with E-state index in [1.165, 1.54) is 0 Å². The van der Waals surface area contributed by atoms with Gasteiger partial charge in [0.05, 0.1) is 26.2 Å². The highest BCUT2D eigenvalue weighted by atomic mass is 16.5. The van der Waals surface area contributed by atoms with Crippen LogP contribution in [0.25, 0.3) is 11.6 Å². The Morgan fingerprint density at radius 1 is 1.22 bits per heavy atom. The fourth-order valence-corrected chi connectivity index (χ4v) is 3.87. The molecule has 0 fully saturated rings. The molecule has 1 N–H and O–H groups in total. The Balaban J connectivity index is 1.63. The minimum absolute atomic E-state index is 0.146. The Kier molecular flexibility index (Phi) is 6.27. The van der Waals surface area contributed by atoms with Gasteiger partial charge in [0.1, 0.15) is 12.0 Å². The summed E-state index contributed by atoms with van der Waals surface area (Å²) < 4.78 is 13.3. The number of aromatic nitrogens is 2. The van der Waals surface area contributed by atoms with Crippen LogP contribution in [0.1, 0.15) is 36.5 Å². The molecule has 1 unspecified atom stereocenters. The third-order valence-corrected chi connectivity index (χ3v) is 5.46. The van der Waals surface area contributed by atoms with Gasteiger partial charge < -0.3 is 19.4 Å². The Bertz CT molecular complexity index is 1190. The molecule has 1 aliphatic heterocycles. The molecule has 1 aromatic heterocycles. The summed E-state index contributed by atoms with van der Waals surface area (Å²) >= 11 is 0. The third-order valence-electron chi connectivity index (χ3n) is 5.46. The molecule has 1 aliphatic rings. The molecule has 0 spiro atoms. The Morgan fingerprint density at radius 2 is 2.03 bits per heavy atom. The number of nitrogens with one attached hydrogen (secondary N) is 1. The van der Waals surface area contributed by atoms with Crippen LogP contribution in [0, 0.1) is 11.3 Å². The number of ether oxygens (including phenoxy) is 2. The van der Waals surface area contributed by atoms with Crippen molar-refractivity contribution in [1.82, 2.24) is 9.55 Å². The number of imidazole rings is 1. The molecule has 0 saturated heterocycles. The maximum Gasteiger partial charge on any atom is 0.161 e. The van der Waals surface area contributed by atoms with Gasteiger partial charge in [0.2, 0.25) is 0 Å². The van der Waals surface area contributed by atoms with Crippen molar-refractivity contribution in [1.29, 1.82) is 5.26 Å². The van der Waals surface area contributed by atoms with E-state index in [9.17, 15) is 0 Å². The van der Waals surface area contributed by atoms with Gasteiger partial charge in [-0.2, -0.15) is 5.26 Å². The maximum absolute atomic E-state index is 8.89. The number of rotatable bonds is 7. The van der Waals surface area contributed by atoms with Gasteiger partial charge >= 0.3 is 0 Å². The van der Waals surface area contributed by atoms with Crippen LogP contribution in [0.4, 0.5) is 5.69 Å². The Morgan fingerprint density at radius 3 is 2.75 bits per heavy atom. The molecule has 162 valence electrons. The molecule has 6 nitrogen and oxygen atoms in total. The van der Waals surface area contributed by atoms with E-state index in [1.54, 1.807) is 13.3 Å². The van der Waals surface area contributed by atoms with Crippen LogP contribution in [-0.4, -0.2) is 23.3 Å². The molecule has 2 aromatic carbocycles. The number of allylic oxidation sites excluding steroid dienone is 1. The van der Waals surface area contributed by atoms with E-state index in [2.05, 4.69) is 33.6 Å². The van der Waals surface area contributed by atoms with Gasteiger partial charge in [-0.3, -0.25) is 0 Å². The third kappa shape index (κ3) is 4.37. The second kappa shape index (κ2) is 9.44. The zero-order valence-corrected chi connectivity index (χ0v) is 18.3. The SMILES string of the molecule is C=C1CC(c2ccc(OCC)c(OC)c2)=Cc2nccn2C1Nc1ccc(CC#N)cc1. The molecular weight excluding hydrogens is 400 g/mol. The number of methoxy groups -OCH3 is 1. The second-order valence-corrected chi connectivity index (χ2v) is 7.57. The van der Waals surface area contributed by atoms with Crippen molar-refractivity contribution in [3.63, 3.8) is 0 Å². The number of benzene rings is 2. The summed E-state index contributed by atoms with van der Waals surface area (Å²) in [5.41, 5.74) is 5.13. The number of hydrogen-bond acceptors (Lipinski definition) is 5. The molecular formula is C26H26N4O2. The van der Waals surface area contributed by atoms with Gasteiger partial charge in [0.25, 0.3) is 0 Å². The van der Waals surface area contributed by atoms with Gasteiger partial charge in [0, 0.05) is 18.1 Å². The van der Waals surface area contributed by atoms with E-state index in [4.69, 9.17) is 14.7 Å². The highest BCUT2D eigenvalue weighted by molar-refractivity contribution is 5.83. The first-order valence-corrected chi connectivity index (χ1v) is 10.6. The summed E-state index contributed by atoms with van der Waals surface area (Å²) in [6.45, 7) is 6.93. The zero-order chi connectivity index (χ0) is 22.5. The smallest absolute Gasteiger partial charge is 0.161 e. The zero-order valence-electron chi connectivity index (χ0n) is 18.3. The molecule has 0 aliphatic carbocycles. The Labute approximate surface area is 188 Å². The lowest BCUT2D eigenvalue weighted by Crippen LogP contribution is -2.20. The predicted molar refractivity (Wildman–Crippen MR) is 126 cm³/mol. The monoisotopic (exact) mass is 426 g/mol. The minimum atomic E-state index is -0.146. The highest BCUT2D eigenvalue weighted by Crippen LogP contribution is 2.37. The van der Waals surface area contributed by atoms with Crippen LogP contribution in [0.2, 0.25) is 0 Å². The first-order valence-electron chi connectivity index (χ1n) is 10.6. The predicted octanol–water partition coefficient (Wildman–Crippen LogP) is 5.47. The topological polar surface area (TPSA) is 72.1 Å². The van der Waals surface area contributed by atoms with Crippen LogP contribution >= 0.6 is 0 Å². The van der Waals surface area contributed by atoms with E-state index in [-0.39, 0.29) is 6.17 Å². The average Bonchev–Trinajstić information content (AvgIpc) is 3.21. The van der Waals surface area contributed by atoms with Crippen molar-refractivity contribution in [2.45, 2.75) is 25.9 Å². The van der Waals surface area contributed by atoms with E-state index in [0.717, 1.165) is 39.5 Å². The largest absolute Gasteiger partial charge is 0.493 e. The van der Waals surface area contributed by atoms with E-state index in [0.29, 0.717) is 25.2 Å². The van der Waals surface area contributed by atoms with Crippen LogP contribution in [0.3, 0.4) is 0 Å². The highest BCUT2D eigenvalue weighted by Gasteiger charge is 2.23. The van der Waals surface area contributed by atoms with E-state index >= 15 is 0 Å². The summed E-state index contributed by atoms with van der Waals surface area (Å²) in [6.07, 6.45) is 6.79. The van der Waals surface area contributed by atoms with Crippen molar-refractivity contribution >= 4 is 17.3 Å². The fraction of sp³-hybridized carbons (Fsp3) is 0.231. The van der Waals surface area contributed by atoms with Gasteiger partial charge in [-0.1, -0.05) is 24.8 Å². The van der Waals surface area contributed by atoms with E-state index in [1.807, 2.05) is 55.6 Å². The lowest BCUT2D eigenvalue weighted by atomic mass is 9.97. The minimum Gasteiger partial charge on any atom is -0.493 e. The number of nitrogens with zero attached hydrogens (tertiary/aromatic N) is 3. The summed E-state index contributed by atoms with van der Waals surface area (Å²) in [7, 11) is 1.65. The van der Waals surface area contributed by atoms with Crippen molar-refractivity contribution in [2.24, 2.45) is 0 Å². The van der Waals surface area contributed by atoms with Crippen LogP contribution in [-0.2, 0) is 6.42 Å². The number of hydrogen-bond donors (Lipinski definition) is 1. The Hall–Kier alpha value is -3.98. The molecule has 0 amide bonds. The lowest BCUT2D eigenvalue weighted by Gasteiger charge is -2.23. The maximum atomic E-state index is 8.89. The van der Waals surface area contributed by atoms with Crippen LogP contribution in [0.15, 0.2) is 67.0 Å². The quantitative estimate of drug-likeness (QED) is 0.507. The molecule has 3 aromatic rings. The van der Waals surface area contributed by atoms with Crippen molar-refractivity contribution in [2.75, 3.05) is 19.0 Å². The van der Waals surface area contributed by atoms with E-state index < -0.39 is 0 Å².